The van der Waals surface area contributed by atoms with E-state index in [1.54, 1.807) is 0 Å². The Morgan fingerprint density at radius 3 is 0.960 bits per heavy atom. The van der Waals surface area contributed by atoms with Gasteiger partial charge in [0.15, 0.2) is 0 Å². The van der Waals surface area contributed by atoms with Crippen LogP contribution in [0.2, 0.25) is 0 Å². The van der Waals surface area contributed by atoms with Crippen LogP contribution in [0.4, 0.5) is 0 Å². The molecular weight excluding hydrogens is 300 g/mol. The first kappa shape index (κ1) is 27.2. The summed E-state index contributed by atoms with van der Waals surface area (Å²) < 4.78 is 0. The third-order valence-corrected chi connectivity index (χ3v) is 5.82. The van der Waals surface area contributed by atoms with Crippen LogP contribution in [-0.2, 0) is 0 Å². The fraction of sp³-hybridized carbons (Fsp3) is 1.00. The highest BCUT2D eigenvalue weighted by Crippen LogP contribution is 2.27. The topological polar surface area (TPSA) is 0 Å². The Morgan fingerprint density at radius 2 is 0.680 bits per heavy atom. The average molecular weight is 355 g/mol. The summed E-state index contributed by atoms with van der Waals surface area (Å²) in [6, 6.07) is 0. The van der Waals surface area contributed by atoms with Crippen molar-refractivity contribution in [2.75, 3.05) is 0 Å². The Bertz CT molecular complexity index is 254. The monoisotopic (exact) mass is 354 g/mol. The molecule has 0 heteroatoms. The Hall–Kier alpha value is 0. The molecule has 0 unspecified atom stereocenters. The second kappa shape index (κ2) is 15.1. The van der Waals surface area contributed by atoms with Crippen LogP contribution in [0.5, 0.6) is 0 Å². The van der Waals surface area contributed by atoms with Crippen molar-refractivity contribution in [3.05, 3.63) is 0 Å². The molecule has 0 aromatic heterocycles. The predicted molar refractivity (Wildman–Crippen MR) is 119 cm³/mol. The van der Waals surface area contributed by atoms with Crippen molar-refractivity contribution in [1.29, 1.82) is 0 Å². The van der Waals surface area contributed by atoms with Gasteiger partial charge in [0.2, 0.25) is 0 Å². The standard InChI is InChI=1S/C13H28.C12H26/c1-10(2)8-7-9-13(11(3)4)12(5)6;1-9(2)7-8-12(10(3)4)11(5)6/h10-13H,7-9H2,1-6H3;9-12H,7-8H2,1-6H3. The molecule has 0 saturated carbocycles. The molecule has 0 N–H and O–H groups in total. The van der Waals surface area contributed by atoms with Crippen LogP contribution < -0.4 is 0 Å². The zero-order valence-corrected chi connectivity index (χ0v) is 20.2. The first-order chi connectivity index (χ1) is 11.4. The molecule has 0 aromatic carbocycles. The fourth-order valence-electron chi connectivity index (χ4n) is 4.16. The summed E-state index contributed by atoms with van der Waals surface area (Å²) in [6.07, 6.45) is 7.04. The van der Waals surface area contributed by atoms with Gasteiger partial charge in [-0.3, -0.25) is 0 Å². The summed E-state index contributed by atoms with van der Waals surface area (Å²) in [5.41, 5.74) is 0. The minimum atomic E-state index is 0.851. The minimum Gasteiger partial charge on any atom is -0.0628 e. The highest BCUT2D eigenvalue weighted by atomic mass is 14.2. The van der Waals surface area contributed by atoms with Gasteiger partial charge in [0.1, 0.15) is 0 Å². The maximum absolute atomic E-state index is 2.36. The molecule has 0 aliphatic heterocycles. The maximum atomic E-state index is 2.36. The van der Waals surface area contributed by atoms with E-state index in [9.17, 15) is 0 Å². The lowest BCUT2D eigenvalue weighted by molar-refractivity contribution is 0.253. The smallest absolute Gasteiger partial charge is 0.0368 e. The predicted octanol–water partition coefficient (Wildman–Crippen LogP) is 9.09. The molecule has 0 aliphatic carbocycles. The van der Waals surface area contributed by atoms with Gasteiger partial charge in [-0.1, -0.05) is 102 Å². The largest absolute Gasteiger partial charge is 0.0628 e. The lowest BCUT2D eigenvalue weighted by atomic mass is 9.81. The second-order valence-corrected chi connectivity index (χ2v) is 10.6. The van der Waals surface area contributed by atoms with Gasteiger partial charge in [0, 0.05) is 0 Å². The summed E-state index contributed by atoms with van der Waals surface area (Å²) >= 11 is 0. The summed E-state index contributed by atoms with van der Waals surface area (Å²) in [5.74, 6) is 7.00. The zero-order valence-electron chi connectivity index (χ0n) is 20.2. The molecule has 0 aliphatic rings. The van der Waals surface area contributed by atoms with Crippen molar-refractivity contribution < 1.29 is 0 Å². The molecule has 0 rings (SSSR count). The van der Waals surface area contributed by atoms with Gasteiger partial charge in [-0.2, -0.15) is 0 Å². The van der Waals surface area contributed by atoms with Crippen molar-refractivity contribution in [2.45, 2.75) is 115 Å². The van der Waals surface area contributed by atoms with Gasteiger partial charge in [0.05, 0.1) is 0 Å². The van der Waals surface area contributed by atoms with E-state index in [0.717, 1.165) is 47.3 Å². The molecule has 0 saturated heterocycles. The van der Waals surface area contributed by atoms with Gasteiger partial charge in [0.25, 0.3) is 0 Å². The van der Waals surface area contributed by atoms with Crippen molar-refractivity contribution in [1.82, 2.24) is 0 Å². The van der Waals surface area contributed by atoms with Gasteiger partial charge in [-0.05, 0) is 60.2 Å². The van der Waals surface area contributed by atoms with E-state index in [1.807, 2.05) is 0 Å². The van der Waals surface area contributed by atoms with Crippen molar-refractivity contribution in [3.63, 3.8) is 0 Å². The molecule has 25 heavy (non-hydrogen) atoms. The molecule has 0 heterocycles. The van der Waals surface area contributed by atoms with Gasteiger partial charge in [-0.15, -0.1) is 0 Å². The van der Waals surface area contributed by atoms with E-state index < -0.39 is 0 Å². The van der Waals surface area contributed by atoms with Gasteiger partial charge in [-0.25, -0.2) is 0 Å². The molecule has 0 nitrogen and oxygen atoms in total. The van der Waals surface area contributed by atoms with Crippen LogP contribution in [0, 0.1) is 47.3 Å². The Morgan fingerprint density at radius 1 is 0.360 bits per heavy atom. The maximum Gasteiger partial charge on any atom is -0.0368 e. The molecule has 0 atom stereocenters. The average Bonchev–Trinajstić information content (AvgIpc) is 2.42. The van der Waals surface area contributed by atoms with Crippen LogP contribution in [0.1, 0.15) is 115 Å². The third kappa shape index (κ3) is 15.9. The van der Waals surface area contributed by atoms with Crippen LogP contribution >= 0.6 is 0 Å². The molecule has 0 amide bonds. The molecule has 0 aromatic rings. The fourth-order valence-corrected chi connectivity index (χ4v) is 4.16. The summed E-state index contributed by atoms with van der Waals surface area (Å²) in [7, 11) is 0. The zero-order chi connectivity index (χ0) is 20.2. The molecule has 0 bridgehead atoms. The molecule has 0 spiro atoms. The first-order valence-electron chi connectivity index (χ1n) is 11.4. The SMILES string of the molecule is CC(C)CCC(C(C)C)C(C)C.CC(C)CCCC(C(C)C)C(C)C. The summed E-state index contributed by atoms with van der Waals surface area (Å²) in [5, 5.41) is 0. The number of hydrogen-bond donors (Lipinski definition) is 0. The molecule has 0 fully saturated rings. The Labute approximate surface area is 163 Å². The van der Waals surface area contributed by atoms with Crippen LogP contribution in [0.25, 0.3) is 0 Å². The van der Waals surface area contributed by atoms with E-state index >= 15 is 0 Å². The number of hydrogen-bond acceptors (Lipinski definition) is 0. The van der Waals surface area contributed by atoms with E-state index in [-0.39, 0.29) is 0 Å². The van der Waals surface area contributed by atoms with Crippen molar-refractivity contribution in [3.8, 4) is 0 Å². The Kier molecular flexibility index (Phi) is 16.4. The molecule has 0 radical (unpaired) electrons. The van der Waals surface area contributed by atoms with Crippen LogP contribution in [0.3, 0.4) is 0 Å². The van der Waals surface area contributed by atoms with Gasteiger partial charge < -0.3 is 0 Å². The lowest BCUT2D eigenvalue weighted by Gasteiger charge is -2.25. The quantitative estimate of drug-likeness (QED) is 0.347. The number of rotatable bonds is 11. The van der Waals surface area contributed by atoms with E-state index in [4.69, 9.17) is 0 Å². The van der Waals surface area contributed by atoms with Crippen molar-refractivity contribution >= 4 is 0 Å². The third-order valence-electron chi connectivity index (χ3n) is 5.82. The van der Waals surface area contributed by atoms with E-state index in [1.165, 1.54) is 32.1 Å². The van der Waals surface area contributed by atoms with Crippen LogP contribution in [0.15, 0.2) is 0 Å². The van der Waals surface area contributed by atoms with Crippen molar-refractivity contribution in [2.24, 2.45) is 47.3 Å². The van der Waals surface area contributed by atoms with E-state index in [2.05, 4.69) is 83.1 Å². The lowest BCUT2D eigenvalue weighted by Crippen LogP contribution is -2.16. The highest BCUT2D eigenvalue weighted by molar-refractivity contribution is 4.68. The summed E-state index contributed by atoms with van der Waals surface area (Å²) in [4.78, 5) is 0. The second-order valence-electron chi connectivity index (χ2n) is 10.6. The molecule has 154 valence electrons. The minimum absolute atomic E-state index is 0.851. The molecular formula is C25H54. The Balaban J connectivity index is 0. The normalized spacial score (nSPS) is 12.5. The van der Waals surface area contributed by atoms with Gasteiger partial charge >= 0.3 is 0 Å². The van der Waals surface area contributed by atoms with Crippen LogP contribution in [-0.4, -0.2) is 0 Å². The van der Waals surface area contributed by atoms with E-state index in [0.29, 0.717) is 0 Å². The first-order valence-corrected chi connectivity index (χ1v) is 11.4. The highest BCUT2D eigenvalue weighted by Gasteiger charge is 2.17. The summed E-state index contributed by atoms with van der Waals surface area (Å²) in [6.45, 7) is 28.1.